The molecule has 2 nitrogen and oxygen atoms in total. The Balaban J connectivity index is 3.01. The second kappa shape index (κ2) is 3.78. The van der Waals surface area contributed by atoms with Crippen LogP contribution in [0.15, 0.2) is 11.0 Å². The van der Waals surface area contributed by atoms with Gasteiger partial charge in [-0.15, -0.1) is 11.8 Å². The van der Waals surface area contributed by atoms with Gasteiger partial charge in [0.25, 0.3) is 0 Å². The van der Waals surface area contributed by atoms with E-state index in [0.29, 0.717) is 0 Å². The van der Waals surface area contributed by atoms with E-state index in [2.05, 4.69) is 0 Å². The third-order valence-corrected chi connectivity index (χ3v) is 3.16. The molecule has 11 heavy (non-hydrogen) atoms. The Morgan fingerprint density at radius 3 is 2.82 bits per heavy atom. The molecular weight excluding hydrogens is 180 g/mol. The normalized spacial score (nSPS) is 9.64. The van der Waals surface area contributed by atoms with Gasteiger partial charge in [0.2, 0.25) is 0 Å². The van der Waals surface area contributed by atoms with Gasteiger partial charge in [-0.2, -0.15) is 0 Å². The van der Waals surface area contributed by atoms with Gasteiger partial charge in [0, 0.05) is 11.0 Å². The number of hydrogen-bond acceptors (Lipinski definition) is 4. The van der Waals surface area contributed by atoms with Crippen molar-refractivity contribution >= 4 is 29.4 Å². The molecule has 0 aliphatic heterocycles. The van der Waals surface area contributed by atoms with E-state index in [1.165, 1.54) is 11.3 Å². The molecule has 0 N–H and O–H groups in total. The molecule has 60 valence electrons. The predicted molar refractivity (Wildman–Crippen MR) is 48.0 cm³/mol. The highest BCUT2D eigenvalue weighted by Gasteiger charge is 2.06. The first-order chi connectivity index (χ1) is 5.31. The molecule has 1 aromatic rings. The van der Waals surface area contributed by atoms with Crippen LogP contribution in [0.5, 0.6) is 5.06 Å². The van der Waals surface area contributed by atoms with Gasteiger partial charge in [-0.3, -0.25) is 4.79 Å². The molecule has 0 amide bonds. The van der Waals surface area contributed by atoms with Crippen molar-refractivity contribution in [3.8, 4) is 5.06 Å². The summed E-state index contributed by atoms with van der Waals surface area (Å²) in [5.41, 5.74) is 0. The van der Waals surface area contributed by atoms with E-state index in [1.807, 2.05) is 12.3 Å². The highest BCUT2D eigenvalue weighted by molar-refractivity contribution is 7.98. The van der Waals surface area contributed by atoms with E-state index in [4.69, 9.17) is 4.74 Å². The van der Waals surface area contributed by atoms with E-state index in [1.54, 1.807) is 18.9 Å². The Morgan fingerprint density at radius 2 is 2.45 bits per heavy atom. The number of carbonyl (C=O) groups is 1. The zero-order valence-corrected chi connectivity index (χ0v) is 7.92. The smallest absolute Gasteiger partial charge is 0.175 e. The van der Waals surface area contributed by atoms with Crippen molar-refractivity contribution in [2.24, 2.45) is 0 Å². The molecule has 0 spiro atoms. The maximum atomic E-state index is 10.5. The molecule has 0 saturated heterocycles. The number of aldehydes is 1. The maximum absolute atomic E-state index is 10.5. The van der Waals surface area contributed by atoms with Crippen LogP contribution in [0.2, 0.25) is 0 Å². The molecule has 0 aliphatic carbocycles. The first kappa shape index (κ1) is 8.62. The zero-order valence-electron chi connectivity index (χ0n) is 6.29. The summed E-state index contributed by atoms with van der Waals surface area (Å²) in [6, 6.07) is 1.87. The van der Waals surface area contributed by atoms with Gasteiger partial charge in [0.05, 0.1) is 12.0 Å². The number of carbonyl (C=O) groups excluding carboxylic acids is 1. The average molecular weight is 188 g/mol. The van der Waals surface area contributed by atoms with Crippen LogP contribution in [-0.4, -0.2) is 19.7 Å². The zero-order chi connectivity index (χ0) is 8.27. The lowest BCUT2D eigenvalue weighted by atomic mass is 10.5. The molecule has 4 heteroatoms. The highest BCUT2D eigenvalue weighted by atomic mass is 32.2. The molecule has 0 fully saturated rings. The fraction of sp³-hybridized carbons (Fsp3) is 0.286. The number of methoxy groups -OCH3 is 1. The molecule has 0 bridgehead atoms. The van der Waals surface area contributed by atoms with Crippen molar-refractivity contribution in [2.45, 2.75) is 4.90 Å². The summed E-state index contributed by atoms with van der Waals surface area (Å²) in [5.74, 6) is 0. The Labute approximate surface area is 73.6 Å². The molecule has 0 saturated carbocycles. The molecule has 0 unspecified atom stereocenters. The maximum Gasteiger partial charge on any atom is 0.175 e. The van der Waals surface area contributed by atoms with Gasteiger partial charge < -0.3 is 4.74 Å². The van der Waals surface area contributed by atoms with E-state index in [0.717, 1.165) is 21.1 Å². The van der Waals surface area contributed by atoms with Crippen LogP contribution in [0.1, 0.15) is 9.67 Å². The van der Waals surface area contributed by atoms with Crippen molar-refractivity contribution in [2.75, 3.05) is 13.4 Å². The molecule has 0 aromatic carbocycles. The number of thioether (sulfide) groups is 1. The van der Waals surface area contributed by atoms with Crippen molar-refractivity contribution in [1.82, 2.24) is 0 Å². The molecular formula is C7H8O2S2. The summed E-state index contributed by atoms with van der Waals surface area (Å²) in [5, 5.41) is 0.788. The lowest BCUT2D eigenvalue weighted by Crippen LogP contribution is -1.73. The molecule has 0 atom stereocenters. The molecule has 1 heterocycles. The van der Waals surface area contributed by atoms with Crippen LogP contribution >= 0.6 is 23.1 Å². The number of rotatable bonds is 3. The van der Waals surface area contributed by atoms with Crippen LogP contribution in [-0.2, 0) is 0 Å². The topological polar surface area (TPSA) is 26.3 Å². The number of thiophene rings is 1. The second-order valence-electron chi connectivity index (χ2n) is 1.82. The average Bonchev–Trinajstić information content (AvgIpc) is 2.46. The Morgan fingerprint density at radius 1 is 1.73 bits per heavy atom. The van der Waals surface area contributed by atoms with Gasteiger partial charge in [-0.1, -0.05) is 11.3 Å². The Bertz CT molecular complexity index is 255. The Hall–Kier alpha value is -0.480. The first-order valence-corrected chi connectivity index (χ1v) is 5.03. The third-order valence-electron chi connectivity index (χ3n) is 1.23. The Kier molecular flexibility index (Phi) is 2.96. The van der Waals surface area contributed by atoms with E-state index >= 15 is 0 Å². The van der Waals surface area contributed by atoms with Crippen molar-refractivity contribution < 1.29 is 9.53 Å². The van der Waals surface area contributed by atoms with Crippen molar-refractivity contribution in [3.63, 3.8) is 0 Å². The summed E-state index contributed by atoms with van der Waals surface area (Å²) in [6.07, 6.45) is 2.80. The SMILES string of the molecule is COc1cc(SC)c(C=O)s1. The van der Waals surface area contributed by atoms with E-state index in [9.17, 15) is 4.79 Å². The lowest BCUT2D eigenvalue weighted by Gasteiger charge is -1.87. The fourth-order valence-electron chi connectivity index (χ4n) is 0.709. The molecule has 0 radical (unpaired) electrons. The largest absolute Gasteiger partial charge is 0.487 e. The molecule has 1 aromatic heterocycles. The number of ether oxygens (including phenoxy) is 1. The van der Waals surface area contributed by atoms with Crippen molar-refractivity contribution in [1.29, 1.82) is 0 Å². The predicted octanol–water partition coefficient (Wildman–Crippen LogP) is 2.29. The van der Waals surface area contributed by atoms with Crippen LogP contribution < -0.4 is 4.74 Å². The second-order valence-corrected chi connectivity index (χ2v) is 3.71. The van der Waals surface area contributed by atoms with Gasteiger partial charge >= 0.3 is 0 Å². The van der Waals surface area contributed by atoms with Crippen LogP contribution in [0.4, 0.5) is 0 Å². The third kappa shape index (κ3) is 1.75. The minimum Gasteiger partial charge on any atom is -0.487 e. The first-order valence-electron chi connectivity index (χ1n) is 2.98. The summed E-state index contributed by atoms with van der Waals surface area (Å²) >= 11 is 2.93. The monoisotopic (exact) mass is 188 g/mol. The lowest BCUT2D eigenvalue weighted by molar-refractivity contribution is 0.112. The van der Waals surface area contributed by atoms with Crippen molar-refractivity contribution in [3.05, 3.63) is 10.9 Å². The van der Waals surface area contributed by atoms with Gasteiger partial charge in [0.15, 0.2) is 11.3 Å². The van der Waals surface area contributed by atoms with Gasteiger partial charge in [0.1, 0.15) is 0 Å². The molecule has 0 aliphatic rings. The van der Waals surface area contributed by atoms with Crippen LogP contribution in [0.25, 0.3) is 0 Å². The van der Waals surface area contributed by atoms with E-state index < -0.39 is 0 Å². The summed E-state index contributed by atoms with van der Waals surface area (Å²) in [7, 11) is 1.60. The van der Waals surface area contributed by atoms with Gasteiger partial charge in [-0.05, 0) is 6.26 Å². The van der Waals surface area contributed by atoms with E-state index in [-0.39, 0.29) is 0 Å². The molecule has 1 rings (SSSR count). The number of hydrogen-bond donors (Lipinski definition) is 0. The summed E-state index contributed by atoms with van der Waals surface area (Å²) in [6.45, 7) is 0. The quantitative estimate of drug-likeness (QED) is 0.538. The standard InChI is InChI=1S/C7H8O2S2/c1-9-7-3-5(10-2)6(4-8)11-7/h3-4H,1-2H3. The fourth-order valence-corrected chi connectivity index (χ4v) is 2.32. The minimum absolute atomic E-state index is 0.745. The summed E-state index contributed by atoms with van der Waals surface area (Å²) in [4.78, 5) is 12.2. The van der Waals surface area contributed by atoms with Gasteiger partial charge in [-0.25, -0.2) is 0 Å². The minimum atomic E-state index is 0.745. The highest BCUT2D eigenvalue weighted by Crippen LogP contribution is 2.33. The summed E-state index contributed by atoms with van der Waals surface area (Å²) < 4.78 is 4.99. The van der Waals surface area contributed by atoms with Crippen LogP contribution in [0, 0.1) is 0 Å². The van der Waals surface area contributed by atoms with Crippen LogP contribution in [0.3, 0.4) is 0 Å².